The van der Waals surface area contributed by atoms with E-state index in [-0.39, 0.29) is 24.5 Å². The van der Waals surface area contributed by atoms with Crippen molar-refractivity contribution in [2.75, 3.05) is 19.7 Å². The maximum Gasteiger partial charge on any atom is 0.258 e. The zero-order valence-corrected chi connectivity index (χ0v) is 19.1. The van der Waals surface area contributed by atoms with E-state index in [4.69, 9.17) is 16.3 Å². The number of halogens is 1. The smallest absolute Gasteiger partial charge is 0.258 e. The predicted molar refractivity (Wildman–Crippen MR) is 127 cm³/mol. The van der Waals surface area contributed by atoms with Crippen molar-refractivity contribution in [2.24, 2.45) is 0 Å². The molecule has 0 radical (unpaired) electrons. The molecule has 166 valence electrons. The molecule has 1 aliphatic heterocycles. The van der Waals surface area contributed by atoms with Gasteiger partial charge in [0.1, 0.15) is 5.75 Å². The minimum atomic E-state index is -0.158. The minimum Gasteiger partial charge on any atom is -0.484 e. The Bertz CT molecular complexity index is 1120. The van der Waals surface area contributed by atoms with Crippen molar-refractivity contribution in [1.29, 1.82) is 0 Å². The third-order valence-electron chi connectivity index (χ3n) is 5.95. The van der Waals surface area contributed by atoms with Crippen LogP contribution < -0.4 is 10.1 Å². The van der Waals surface area contributed by atoms with Gasteiger partial charge in [0.05, 0.1) is 0 Å². The summed E-state index contributed by atoms with van der Waals surface area (Å²) in [4.78, 5) is 27.3. The summed E-state index contributed by atoms with van der Waals surface area (Å²) >= 11 is 6.18. The third-order valence-corrected chi connectivity index (χ3v) is 6.54. The Balaban J connectivity index is 1.29. The Kier molecular flexibility index (Phi) is 6.66. The summed E-state index contributed by atoms with van der Waals surface area (Å²) in [5, 5.41) is 5.78. The molecule has 0 aromatic heterocycles. The normalized spacial score (nSPS) is 14.4. The van der Waals surface area contributed by atoms with Crippen LogP contribution in [0, 0.1) is 13.8 Å². The Hall–Kier alpha value is -3.05. The van der Waals surface area contributed by atoms with Crippen LogP contribution in [0.25, 0.3) is 10.8 Å². The van der Waals surface area contributed by atoms with E-state index in [0.29, 0.717) is 23.9 Å². The monoisotopic (exact) mass is 450 g/mol. The topological polar surface area (TPSA) is 58.6 Å². The van der Waals surface area contributed by atoms with Crippen molar-refractivity contribution in [3.05, 3.63) is 76.3 Å². The number of ether oxygens (including phenoxy) is 1. The predicted octanol–water partition coefficient (Wildman–Crippen LogP) is 4.91. The minimum absolute atomic E-state index is 0.0383. The van der Waals surface area contributed by atoms with Gasteiger partial charge in [0, 0.05) is 29.7 Å². The largest absolute Gasteiger partial charge is 0.484 e. The van der Waals surface area contributed by atoms with Crippen LogP contribution in [-0.2, 0) is 4.79 Å². The molecule has 1 saturated heterocycles. The molecule has 0 saturated carbocycles. The van der Waals surface area contributed by atoms with Crippen molar-refractivity contribution >= 4 is 34.2 Å². The van der Waals surface area contributed by atoms with Crippen LogP contribution in [0.4, 0.5) is 0 Å². The first kappa shape index (κ1) is 22.2. The number of piperidine rings is 1. The van der Waals surface area contributed by atoms with Gasteiger partial charge >= 0.3 is 0 Å². The lowest BCUT2D eigenvalue weighted by Gasteiger charge is -2.32. The number of benzene rings is 3. The zero-order valence-electron chi connectivity index (χ0n) is 18.4. The molecular weight excluding hydrogens is 424 g/mol. The molecule has 1 heterocycles. The van der Waals surface area contributed by atoms with E-state index in [2.05, 4.69) is 5.32 Å². The van der Waals surface area contributed by atoms with Crippen molar-refractivity contribution in [1.82, 2.24) is 10.2 Å². The fourth-order valence-electron chi connectivity index (χ4n) is 4.22. The molecule has 6 heteroatoms. The quantitative estimate of drug-likeness (QED) is 0.600. The lowest BCUT2D eigenvalue weighted by Crippen LogP contribution is -2.47. The summed E-state index contributed by atoms with van der Waals surface area (Å²) in [5.41, 5.74) is 2.57. The van der Waals surface area contributed by atoms with Crippen molar-refractivity contribution < 1.29 is 14.3 Å². The van der Waals surface area contributed by atoms with Crippen molar-refractivity contribution in [2.45, 2.75) is 32.7 Å². The Morgan fingerprint density at radius 2 is 1.69 bits per heavy atom. The maximum absolute atomic E-state index is 13.1. The second-order valence-electron chi connectivity index (χ2n) is 8.32. The molecule has 4 rings (SSSR count). The lowest BCUT2D eigenvalue weighted by molar-refractivity contribution is -0.124. The number of hydrogen-bond acceptors (Lipinski definition) is 3. The van der Waals surface area contributed by atoms with E-state index in [1.54, 1.807) is 0 Å². The summed E-state index contributed by atoms with van der Waals surface area (Å²) < 4.78 is 5.65. The molecule has 5 nitrogen and oxygen atoms in total. The molecule has 0 spiro atoms. The summed E-state index contributed by atoms with van der Waals surface area (Å²) in [6.45, 7) is 5.01. The molecule has 0 unspecified atom stereocenters. The van der Waals surface area contributed by atoms with Crippen LogP contribution in [-0.4, -0.2) is 42.5 Å². The first-order valence-corrected chi connectivity index (χ1v) is 11.3. The van der Waals surface area contributed by atoms with E-state index in [1.807, 2.05) is 73.3 Å². The maximum atomic E-state index is 13.1. The average Bonchev–Trinajstić information content (AvgIpc) is 2.81. The molecule has 0 bridgehead atoms. The molecule has 2 amide bonds. The molecule has 1 fully saturated rings. The zero-order chi connectivity index (χ0) is 22.7. The molecular formula is C26H27ClN2O3. The van der Waals surface area contributed by atoms with Gasteiger partial charge in [0.25, 0.3) is 11.8 Å². The Morgan fingerprint density at radius 3 is 2.41 bits per heavy atom. The van der Waals surface area contributed by atoms with Crippen LogP contribution >= 0.6 is 11.6 Å². The molecule has 1 N–H and O–H groups in total. The van der Waals surface area contributed by atoms with Crippen LogP contribution in [0.5, 0.6) is 5.75 Å². The Labute approximate surface area is 193 Å². The number of rotatable bonds is 5. The summed E-state index contributed by atoms with van der Waals surface area (Å²) in [7, 11) is 0. The van der Waals surface area contributed by atoms with E-state index < -0.39 is 0 Å². The average molecular weight is 451 g/mol. The second-order valence-corrected chi connectivity index (χ2v) is 8.70. The van der Waals surface area contributed by atoms with Gasteiger partial charge in [0.15, 0.2) is 6.61 Å². The number of likely N-dealkylation sites (tertiary alicyclic amines) is 1. The van der Waals surface area contributed by atoms with Crippen LogP contribution in [0.2, 0.25) is 5.02 Å². The number of nitrogens with one attached hydrogen (secondary N) is 1. The van der Waals surface area contributed by atoms with E-state index in [0.717, 1.165) is 40.3 Å². The first-order chi connectivity index (χ1) is 15.4. The molecule has 3 aromatic rings. The van der Waals surface area contributed by atoms with Crippen LogP contribution in [0.15, 0.2) is 54.6 Å². The number of aryl methyl sites for hydroxylation is 2. The number of fused-ring (bicyclic) bond motifs is 1. The van der Waals surface area contributed by atoms with Gasteiger partial charge in [0.2, 0.25) is 0 Å². The number of hydrogen-bond donors (Lipinski definition) is 1. The van der Waals surface area contributed by atoms with Gasteiger partial charge in [-0.2, -0.15) is 0 Å². The summed E-state index contributed by atoms with van der Waals surface area (Å²) in [6.07, 6.45) is 1.45. The lowest BCUT2D eigenvalue weighted by atomic mass is 10.0. The van der Waals surface area contributed by atoms with E-state index in [9.17, 15) is 9.59 Å². The number of carbonyl (C=O) groups excluding carboxylic acids is 2. The first-order valence-electron chi connectivity index (χ1n) is 10.9. The fourth-order valence-corrected chi connectivity index (χ4v) is 4.33. The highest BCUT2D eigenvalue weighted by Gasteiger charge is 2.25. The molecule has 0 aliphatic carbocycles. The van der Waals surface area contributed by atoms with Gasteiger partial charge in [-0.25, -0.2) is 0 Å². The molecule has 1 aliphatic rings. The molecule has 0 atom stereocenters. The standard InChI is InChI=1S/C26H27ClN2O3/c1-17-14-21(15-18(2)25(17)27)32-16-24(30)28-20-10-12-29(13-11-20)26(31)23-9-5-7-19-6-3-4-8-22(19)23/h3-9,14-15,20H,10-13,16H2,1-2H3,(H,28,30). The Morgan fingerprint density at radius 1 is 1.03 bits per heavy atom. The van der Waals surface area contributed by atoms with Gasteiger partial charge < -0.3 is 15.0 Å². The van der Waals surface area contributed by atoms with E-state index in [1.165, 1.54) is 0 Å². The van der Waals surface area contributed by atoms with Crippen molar-refractivity contribution in [3.8, 4) is 5.75 Å². The van der Waals surface area contributed by atoms with Crippen molar-refractivity contribution in [3.63, 3.8) is 0 Å². The fraction of sp³-hybridized carbons (Fsp3) is 0.308. The van der Waals surface area contributed by atoms with Gasteiger partial charge in [-0.05, 0) is 66.8 Å². The highest BCUT2D eigenvalue weighted by atomic mass is 35.5. The second kappa shape index (κ2) is 9.61. The van der Waals surface area contributed by atoms with Gasteiger partial charge in [-0.15, -0.1) is 0 Å². The summed E-state index contributed by atoms with van der Waals surface area (Å²) in [6, 6.07) is 17.5. The highest BCUT2D eigenvalue weighted by molar-refractivity contribution is 6.32. The SMILES string of the molecule is Cc1cc(OCC(=O)NC2CCN(C(=O)c3cccc4ccccc34)CC2)cc(C)c1Cl. The van der Waals surface area contributed by atoms with Crippen LogP contribution in [0.3, 0.4) is 0 Å². The highest BCUT2D eigenvalue weighted by Crippen LogP contribution is 2.26. The summed E-state index contributed by atoms with van der Waals surface area (Å²) in [5.74, 6) is 0.521. The van der Waals surface area contributed by atoms with Gasteiger partial charge in [-0.3, -0.25) is 9.59 Å². The molecule has 32 heavy (non-hydrogen) atoms. The van der Waals surface area contributed by atoms with Gasteiger partial charge in [-0.1, -0.05) is 48.0 Å². The number of carbonyl (C=O) groups is 2. The van der Waals surface area contributed by atoms with E-state index >= 15 is 0 Å². The third kappa shape index (κ3) is 4.89. The molecule has 3 aromatic carbocycles. The number of amides is 2. The number of nitrogens with zero attached hydrogens (tertiary/aromatic N) is 1. The van der Waals surface area contributed by atoms with Crippen LogP contribution in [0.1, 0.15) is 34.3 Å².